The Morgan fingerprint density at radius 3 is 2.26 bits per heavy atom. The molecule has 4 nitrogen and oxygen atoms in total. The van der Waals surface area contributed by atoms with E-state index in [0.29, 0.717) is 6.61 Å². The molecule has 1 aliphatic heterocycles. The van der Waals surface area contributed by atoms with Gasteiger partial charge in [-0.3, -0.25) is 0 Å². The Kier molecular flexibility index (Phi) is 6.22. The van der Waals surface area contributed by atoms with Crippen LogP contribution in [0.2, 0.25) is 32.2 Å². The van der Waals surface area contributed by atoms with E-state index in [2.05, 4.69) is 26.6 Å². The quantitative estimate of drug-likeness (QED) is 0.525. The van der Waals surface area contributed by atoms with Gasteiger partial charge < -0.3 is 18.4 Å². The maximum atomic E-state index is 10.3. The molecule has 1 atom stereocenters. The van der Waals surface area contributed by atoms with Gasteiger partial charge in [0.25, 0.3) is 0 Å². The first kappa shape index (κ1) is 17.3. The minimum Gasteiger partial charge on any atom is -0.436 e. The van der Waals surface area contributed by atoms with E-state index in [9.17, 15) is 4.80 Å². The summed E-state index contributed by atoms with van der Waals surface area (Å²) in [5.74, 6) is 0. The molecule has 1 saturated heterocycles. The highest BCUT2D eigenvalue weighted by atomic mass is 28.4. The van der Waals surface area contributed by atoms with Crippen LogP contribution in [-0.4, -0.2) is 48.1 Å². The Balaban J connectivity index is 2.13. The summed E-state index contributed by atoms with van der Waals surface area (Å²) in [5, 5.41) is 0. The zero-order valence-electron chi connectivity index (χ0n) is 13.1. The van der Waals surface area contributed by atoms with Crippen molar-refractivity contribution in [2.24, 2.45) is 5.41 Å². The lowest BCUT2D eigenvalue weighted by atomic mass is 9.84. The summed E-state index contributed by atoms with van der Waals surface area (Å²) in [7, 11) is -4.12. The van der Waals surface area contributed by atoms with E-state index in [1.165, 1.54) is 0 Å². The first-order valence-corrected chi connectivity index (χ1v) is 13.2. The SMILES string of the molecule is CCC1(COCCC[Si](C)(O)O[Si](C)(C)C)COC1. The van der Waals surface area contributed by atoms with Gasteiger partial charge in [-0.1, -0.05) is 6.92 Å². The molecule has 0 spiro atoms. The van der Waals surface area contributed by atoms with Crippen LogP contribution in [0, 0.1) is 5.41 Å². The number of rotatable bonds is 9. The second-order valence-electron chi connectivity index (χ2n) is 6.89. The lowest BCUT2D eigenvalue weighted by molar-refractivity contribution is -0.150. The third-order valence-corrected chi connectivity index (χ3v) is 8.92. The van der Waals surface area contributed by atoms with Gasteiger partial charge in [-0.2, -0.15) is 0 Å². The van der Waals surface area contributed by atoms with Gasteiger partial charge >= 0.3 is 8.56 Å². The molecule has 0 aromatic heterocycles. The van der Waals surface area contributed by atoms with Crippen molar-refractivity contribution in [2.45, 2.75) is 52.0 Å². The Morgan fingerprint density at radius 2 is 1.84 bits per heavy atom. The lowest BCUT2D eigenvalue weighted by Gasteiger charge is -2.40. The van der Waals surface area contributed by atoms with Crippen LogP contribution in [0.5, 0.6) is 0 Å². The van der Waals surface area contributed by atoms with Crippen molar-refractivity contribution in [2.75, 3.05) is 26.4 Å². The average Bonchev–Trinajstić information content (AvgIpc) is 2.17. The van der Waals surface area contributed by atoms with Gasteiger partial charge in [0, 0.05) is 12.0 Å². The molecule has 1 fully saturated rings. The molecule has 0 aromatic carbocycles. The molecular formula is C13H30O4Si2. The summed E-state index contributed by atoms with van der Waals surface area (Å²) in [6, 6.07) is 0.757. The molecule has 1 N–H and O–H groups in total. The molecular weight excluding hydrogens is 276 g/mol. The number of ether oxygens (including phenoxy) is 2. The van der Waals surface area contributed by atoms with E-state index in [1.807, 2.05) is 6.55 Å². The van der Waals surface area contributed by atoms with E-state index in [4.69, 9.17) is 13.6 Å². The molecule has 0 bridgehead atoms. The number of hydrogen-bond donors (Lipinski definition) is 1. The monoisotopic (exact) mass is 306 g/mol. The standard InChI is InChI=1S/C13H30O4Si2/c1-6-13(11-16-12-13)10-15-8-7-9-19(5,14)17-18(2,3)4/h14H,6-12H2,1-5H3. The molecule has 1 unspecified atom stereocenters. The van der Waals surface area contributed by atoms with Crippen LogP contribution in [0.4, 0.5) is 0 Å². The molecule has 1 aliphatic rings. The molecule has 1 rings (SSSR count). The van der Waals surface area contributed by atoms with Gasteiger partial charge in [-0.05, 0) is 45.1 Å². The van der Waals surface area contributed by atoms with Crippen LogP contribution in [0.1, 0.15) is 19.8 Å². The largest absolute Gasteiger partial charge is 0.436 e. The van der Waals surface area contributed by atoms with Crippen LogP contribution >= 0.6 is 0 Å². The van der Waals surface area contributed by atoms with Crippen molar-refractivity contribution >= 4 is 16.9 Å². The van der Waals surface area contributed by atoms with Crippen molar-refractivity contribution in [3.8, 4) is 0 Å². The van der Waals surface area contributed by atoms with E-state index in [-0.39, 0.29) is 5.41 Å². The maximum absolute atomic E-state index is 10.3. The van der Waals surface area contributed by atoms with Crippen molar-refractivity contribution in [1.29, 1.82) is 0 Å². The van der Waals surface area contributed by atoms with Gasteiger partial charge in [-0.15, -0.1) is 0 Å². The molecule has 0 amide bonds. The first-order chi connectivity index (χ1) is 8.68. The summed E-state index contributed by atoms with van der Waals surface area (Å²) >= 11 is 0. The highest BCUT2D eigenvalue weighted by Crippen LogP contribution is 2.31. The highest BCUT2D eigenvalue weighted by molar-refractivity contribution is 6.81. The van der Waals surface area contributed by atoms with Crippen molar-refractivity contribution < 1.29 is 18.4 Å². The summed E-state index contributed by atoms with van der Waals surface area (Å²) < 4.78 is 16.9. The predicted octanol–water partition coefficient (Wildman–Crippen LogP) is 2.74. The Bertz CT molecular complexity index is 267. The third kappa shape index (κ3) is 6.51. The minimum absolute atomic E-state index is 0.259. The van der Waals surface area contributed by atoms with Gasteiger partial charge in [0.05, 0.1) is 19.8 Å². The fraction of sp³-hybridized carbons (Fsp3) is 1.00. The molecule has 1 heterocycles. The third-order valence-electron chi connectivity index (χ3n) is 3.43. The Morgan fingerprint density at radius 1 is 1.21 bits per heavy atom. The van der Waals surface area contributed by atoms with E-state index in [0.717, 1.165) is 38.7 Å². The molecule has 0 saturated carbocycles. The second-order valence-corrected chi connectivity index (χ2v) is 14.8. The summed E-state index contributed by atoms with van der Waals surface area (Å²) in [4.78, 5) is 10.3. The van der Waals surface area contributed by atoms with Crippen LogP contribution in [-0.2, 0) is 13.6 Å². The van der Waals surface area contributed by atoms with E-state index >= 15 is 0 Å². The van der Waals surface area contributed by atoms with Crippen LogP contribution in [0.15, 0.2) is 0 Å². The smallest absolute Gasteiger partial charge is 0.322 e. The zero-order chi connectivity index (χ0) is 14.6. The van der Waals surface area contributed by atoms with Crippen molar-refractivity contribution in [1.82, 2.24) is 0 Å². The van der Waals surface area contributed by atoms with Crippen LogP contribution in [0.25, 0.3) is 0 Å². The predicted molar refractivity (Wildman–Crippen MR) is 82.1 cm³/mol. The second kappa shape index (κ2) is 6.82. The maximum Gasteiger partial charge on any atom is 0.322 e. The number of hydrogen-bond acceptors (Lipinski definition) is 4. The zero-order valence-corrected chi connectivity index (χ0v) is 15.1. The highest BCUT2D eigenvalue weighted by Gasteiger charge is 2.37. The lowest BCUT2D eigenvalue weighted by Crippen LogP contribution is -2.46. The molecule has 19 heavy (non-hydrogen) atoms. The fourth-order valence-corrected chi connectivity index (χ4v) is 8.77. The Labute approximate surface area is 119 Å². The molecule has 0 aromatic rings. The van der Waals surface area contributed by atoms with Crippen LogP contribution < -0.4 is 0 Å². The van der Waals surface area contributed by atoms with Gasteiger partial charge in [0.15, 0.2) is 8.32 Å². The normalized spacial score (nSPS) is 21.8. The molecule has 0 aliphatic carbocycles. The summed E-state index contributed by atoms with van der Waals surface area (Å²) in [6.45, 7) is 13.6. The van der Waals surface area contributed by atoms with Gasteiger partial charge in [0.1, 0.15) is 0 Å². The molecule has 0 radical (unpaired) electrons. The average molecular weight is 307 g/mol. The van der Waals surface area contributed by atoms with Crippen molar-refractivity contribution in [3.63, 3.8) is 0 Å². The summed E-state index contributed by atoms with van der Waals surface area (Å²) in [5.41, 5.74) is 0.259. The van der Waals surface area contributed by atoms with E-state index < -0.39 is 16.9 Å². The molecule has 6 heteroatoms. The molecule has 114 valence electrons. The Hall–Kier alpha value is 0.274. The summed E-state index contributed by atoms with van der Waals surface area (Å²) in [6.07, 6.45) is 1.99. The first-order valence-electron chi connectivity index (χ1n) is 7.26. The van der Waals surface area contributed by atoms with Gasteiger partial charge in [0.2, 0.25) is 0 Å². The fourth-order valence-electron chi connectivity index (χ4n) is 2.28. The van der Waals surface area contributed by atoms with Crippen LogP contribution in [0.3, 0.4) is 0 Å². The minimum atomic E-state index is -2.48. The van der Waals surface area contributed by atoms with Crippen molar-refractivity contribution in [3.05, 3.63) is 0 Å². The van der Waals surface area contributed by atoms with E-state index in [1.54, 1.807) is 0 Å². The topological polar surface area (TPSA) is 47.9 Å². The van der Waals surface area contributed by atoms with Gasteiger partial charge in [-0.25, -0.2) is 0 Å².